The minimum Gasteiger partial charge on any atom is -0.545 e. The Morgan fingerprint density at radius 3 is 2.57 bits per heavy atom. The molecule has 0 amide bonds. The minimum atomic E-state index is -3.63. The van der Waals surface area contributed by atoms with Crippen LogP contribution in [-0.2, 0) is 10.0 Å². The highest BCUT2D eigenvalue weighted by atomic mass is 32.2. The van der Waals surface area contributed by atoms with Crippen LogP contribution in [0.4, 0.5) is 0 Å². The SMILES string of the molecule is CCC[NH+]1CCN(S(=O)(=O)c2cccc(C(=O)[O-])c2)CC1. The van der Waals surface area contributed by atoms with Gasteiger partial charge in [0.2, 0.25) is 10.0 Å². The van der Waals surface area contributed by atoms with Gasteiger partial charge in [-0.2, -0.15) is 4.31 Å². The molecule has 1 aromatic carbocycles. The zero-order chi connectivity index (χ0) is 15.5. The Labute approximate surface area is 125 Å². The van der Waals surface area contributed by atoms with Crippen LogP contribution in [0.1, 0.15) is 23.7 Å². The largest absolute Gasteiger partial charge is 0.545 e. The van der Waals surface area contributed by atoms with E-state index in [0.29, 0.717) is 13.1 Å². The number of rotatable bonds is 5. The second-order valence-corrected chi connectivity index (χ2v) is 7.16. The lowest BCUT2D eigenvalue weighted by Crippen LogP contribution is -3.14. The fourth-order valence-corrected chi connectivity index (χ4v) is 4.07. The van der Waals surface area contributed by atoms with Gasteiger partial charge in [-0.05, 0) is 24.1 Å². The number of nitrogens with one attached hydrogen (secondary N) is 1. The number of sulfonamides is 1. The van der Waals surface area contributed by atoms with Gasteiger partial charge in [-0.15, -0.1) is 0 Å². The van der Waals surface area contributed by atoms with E-state index in [1.165, 1.54) is 27.4 Å². The van der Waals surface area contributed by atoms with Crippen LogP contribution < -0.4 is 10.0 Å². The van der Waals surface area contributed by atoms with E-state index < -0.39 is 16.0 Å². The lowest BCUT2D eigenvalue weighted by molar-refractivity contribution is -0.903. The molecule has 21 heavy (non-hydrogen) atoms. The summed E-state index contributed by atoms with van der Waals surface area (Å²) in [6.07, 6.45) is 1.08. The van der Waals surface area contributed by atoms with E-state index in [1.807, 2.05) is 0 Å². The van der Waals surface area contributed by atoms with Crippen LogP contribution in [-0.4, -0.2) is 51.4 Å². The van der Waals surface area contributed by atoms with E-state index >= 15 is 0 Å². The molecule has 1 saturated heterocycles. The summed E-state index contributed by atoms with van der Waals surface area (Å²) >= 11 is 0. The fraction of sp³-hybridized carbons (Fsp3) is 0.500. The molecule has 1 aliphatic rings. The molecule has 2 rings (SSSR count). The molecule has 7 heteroatoms. The molecule has 1 N–H and O–H groups in total. The lowest BCUT2D eigenvalue weighted by atomic mass is 10.2. The van der Waals surface area contributed by atoms with Gasteiger partial charge in [0.25, 0.3) is 0 Å². The fourth-order valence-electron chi connectivity index (χ4n) is 2.58. The number of piperazine rings is 1. The molecule has 1 heterocycles. The Kier molecular flexibility index (Phi) is 4.97. The normalized spacial score (nSPS) is 17.8. The maximum Gasteiger partial charge on any atom is 0.243 e. The predicted octanol–water partition coefficient (Wildman–Crippen LogP) is -1.65. The molecule has 1 aliphatic heterocycles. The highest BCUT2D eigenvalue weighted by molar-refractivity contribution is 7.89. The highest BCUT2D eigenvalue weighted by Gasteiger charge is 2.30. The predicted molar refractivity (Wildman–Crippen MR) is 75.4 cm³/mol. The number of quaternary nitrogens is 1. The Balaban J connectivity index is 2.16. The summed E-state index contributed by atoms with van der Waals surface area (Å²) < 4.78 is 26.5. The first-order valence-electron chi connectivity index (χ1n) is 7.10. The van der Waals surface area contributed by atoms with Crippen LogP contribution in [0.15, 0.2) is 29.2 Å². The van der Waals surface area contributed by atoms with E-state index in [1.54, 1.807) is 0 Å². The van der Waals surface area contributed by atoms with Crippen LogP contribution >= 0.6 is 0 Å². The van der Waals surface area contributed by atoms with Crippen molar-refractivity contribution >= 4 is 16.0 Å². The maximum atomic E-state index is 12.5. The Morgan fingerprint density at radius 2 is 2.00 bits per heavy atom. The summed E-state index contributed by atoms with van der Waals surface area (Å²) in [5.74, 6) is -1.37. The Bertz CT molecular complexity index is 607. The van der Waals surface area contributed by atoms with Crippen LogP contribution in [0.5, 0.6) is 0 Å². The van der Waals surface area contributed by atoms with Gasteiger partial charge in [0, 0.05) is 0 Å². The number of aromatic carboxylic acids is 1. The van der Waals surface area contributed by atoms with Crippen molar-refractivity contribution in [1.82, 2.24) is 4.31 Å². The molecule has 0 spiro atoms. The van der Waals surface area contributed by atoms with Crippen LogP contribution in [0.2, 0.25) is 0 Å². The molecule has 1 fully saturated rings. The molecular formula is C14H20N2O4S. The van der Waals surface area contributed by atoms with Gasteiger partial charge in [0.15, 0.2) is 0 Å². The molecule has 0 bridgehead atoms. The third kappa shape index (κ3) is 3.61. The van der Waals surface area contributed by atoms with Gasteiger partial charge >= 0.3 is 0 Å². The molecule has 6 nitrogen and oxygen atoms in total. The number of hydrogen-bond acceptors (Lipinski definition) is 4. The van der Waals surface area contributed by atoms with Crippen molar-refractivity contribution < 1.29 is 23.2 Å². The average molecular weight is 312 g/mol. The number of carbonyl (C=O) groups excluding carboxylic acids is 1. The zero-order valence-corrected chi connectivity index (χ0v) is 12.9. The van der Waals surface area contributed by atoms with E-state index in [0.717, 1.165) is 32.1 Å². The minimum absolute atomic E-state index is 0.0168. The zero-order valence-electron chi connectivity index (χ0n) is 12.0. The smallest absolute Gasteiger partial charge is 0.243 e. The van der Waals surface area contributed by atoms with Crippen LogP contribution in [0, 0.1) is 0 Å². The van der Waals surface area contributed by atoms with Gasteiger partial charge in [-0.1, -0.05) is 19.1 Å². The second-order valence-electron chi connectivity index (χ2n) is 5.22. The molecule has 0 aromatic heterocycles. The molecular weight excluding hydrogens is 292 g/mol. The van der Waals surface area contributed by atoms with Crippen molar-refractivity contribution in [3.8, 4) is 0 Å². The summed E-state index contributed by atoms with van der Waals surface area (Å²) in [6.45, 7) is 5.66. The molecule has 0 unspecified atom stereocenters. The van der Waals surface area contributed by atoms with Crippen molar-refractivity contribution in [3.05, 3.63) is 29.8 Å². The second kappa shape index (κ2) is 6.55. The standard InChI is InChI=1S/C14H20N2O4S/c1-2-6-15-7-9-16(10-8-15)21(19,20)13-5-3-4-12(11-13)14(17)18/h3-5,11H,2,6-10H2,1H3,(H,17,18). The van der Waals surface area contributed by atoms with E-state index in [2.05, 4.69) is 6.92 Å². The lowest BCUT2D eigenvalue weighted by Gasteiger charge is -2.31. The van der Waals surface area contributed by atoms with Gasteiger partial charge in [-0.3, -0.25) is 0 Å². The number of nitrogens with zero attached hydrogens (tertiary/aromatic N) is 1. The van der Waals surface area contributed by atoms with Gasteiger partial charge < -0.3 is 14.8 Å². The van der Waals surface area contributed by atoms with Gasteiger partial charge in [-0.25, -0.2) is 8.42 Å². The van der Waals surface area contributed by atoms with Crippen molar-refractivity contribution in [2.24, 2.45) is 0 Å². The quantitative estimate of drug-likeness (QED) is 0.706. The van der Waals surface area contributed by atoms with Crippen molar-refractivity contribution in [1.29, 1.82) is 0 Å². The molecule has 116 valence electrons. The summed E-state index contributed by atoms with van der Waals surface area (Å²) in [7, 11) is -3.63. The highest BCUT2D eigenvalue weighted by Crippen LogP contribution is 2.17. The Hall–Kier alpha value is -1.44. The van der Waals surface area contributed by atoms with E-state index in [9.17, 15) is 18.3 Å². The monoisotopic (exact) mass is 312 g/mol. The molecule has 0 atom stereocenters. The summed E-state index contributed by atoms with van der Waals surface area (Å²) in [5.41, 5.74) is -0.119. The van der Waals surface area contributed by atoms with E-state index in [-0.39, 0.29) is 10.5 Å². The Morgan fingerprint density at radius 1 is 1.33 bits per heavy atom. The number of hydrogen-bond donors (Lipinski definition) is 1. The number of carboxylic acid groups (broad SMARTS) is 1. The molecule has 0 aliphatic carbocycles. The molecule has 0 radical (unpaired) electrons. The third-order valence-corrected chi connectivity index (χ3v) is 5.64. The first-order chi connectivity index (χ1) is 9.95. The average Bonchev–Trinajstić information content (AvgIpc) is 2.48. The first-order valence-corrected chi connectivity index (χ1v) is 8.54. The van der Waals surface area contributed by atoms with Crippen molar-refractivity contribution in [2.45, 2.75) is 18.2 Å². The molecule has 1 aromatic rings. The van der Waals surface area contributed by atoms with Crippen molar-refractivity contribution in [2.75, 3.05) is 32.7 Å². The molecule has 0 saturated carbocycles. The van der Waals surface area contributed by atoms with Gasteiger partial charge in [0.1, 0.15) is 0 Å². The first kappa shape index (κ1) is 15.9. The third-order valence-electron chi connectivity index (χ3n) is 3.74. The summed E-state index contributed by atoms with van der Waals surface area (Å²) in [5, 5.41) is 10.8. The van der Waals surface area contributed by atoms with Crippen LogP contribution in [0.3, 0.4) is 0 Å². The number of carbonyl (C=O) groups is 1. The number of carboxylic acids is 1. The summed E-state index contributed by atoms with van der Waals surface area (Å²) in [6, 6.07) is 5.34. The number of benzene rings is 1. The van der Waals surface area contributed by atoms with Gasteiger partial charge in [0.05, 0.1) is 43.6 Å². The van der Waals surface area contributed by atoms with E-state index in [4.69, 9.17) is 0 Å². The topological polar surface area (TPSA) is 82.0 Å². The van der Waals surface area contributed by atoms with Crippen molar-refractivity contribution in [3.63, 3.8) is 0 Å². The summed E-state index contributed by atoms with van der Waals surface area (Å²) in [4.78, 5) is 12.3. The maximum absolute atomic E-state index is 12.5. The van der Waals surface area contributed by atoms with Crippen LogP contribution in [0.25, 0.3) is 0 Å².